The van der Waals surface area contributed by atoms with Gasteiger partial charge in [0.25, 0.3) is 0 Å². The van der Waals surface area contributed by atoms with Gasteiger partial charge < -0.3 is 14.6 Å². The van der Waals surface area contributed by atoms with Crippen LogP contribution in [0.4, 0.5) is 33.5 Å². The average molecular weight is 594 g/mol. The van der Waals surface area contributed by atoms with E-state index in [-0.39, 0.29) is 40.7 Å². The van der Waals surface area contributed by atoms with Crippen LogP contribution in [0, 0.1) is 0 Å². The van der Waals surface area contributed by atoms with Crippen molar-refractivity contribution in [2.24, 2.45) is 0 Å². The molecule has 41 heavy (non-hydrogen) atoms. The van der Waals surface area contributed by atoms with Crippen LogP contribution in [0.15, 0.2) is 71.9 Å². The zero-order chi connectivity index (χ0) is 29.6. The number of halogens is 5. The molecule has 1 aliphatic heterocycles. The molecule has 0 spiro atoms. The summed E-state index contributed by atoms with van der Waals surface area (Å²) in [6, 6.07) is 12.8. The Balaban J connectivity index is 1.51. The summed E-state index contributed by atoms with van der Waals surface area (Å²) >= 11 is 0. The molecule has 14 heteroatoms. The molecule has 216 valence electrons. The van der Waals surface area contributed by atoms with E-state index in [0.717, 1.165) is 16.4 Å². The summed E-state index contributed by atoms with van der Waals surface area (Å²) in [4.78, 5) is 7.76. The van der Waals surface area contributed by atoms with Crippen molar-refractivity contribution >= 4 is 21.5 Å². The fraction of sp³-hybridized carbons (Fsp3) is 0.259. The molecule has 5 rings (SSSR count). The smallest absolute Gasteiger partial charge is 0.417 e. The highest BCUT2D eigenvalue weighted by Crippen LogP contribution is 2.41. The lowest BCUT2D eigenvalue weighted by Gasteiger charge is -2.19. The molecule has 1 N–H and O–H groups in total. The van der Waals surface area contributed by atoms with Crippen LogP contribution >= 0.6 is 0 Å². The number of hydrogen-bond donors (Lipinski definition) is 1. The number of hydrogen-bond acceptors (Lipinski definition) is 6. The number of alkyl halides is 5. The van der Waals surface area contributed by atoms with Crippen molar-refractivity contribution < 1.29 is 35.1 Å². The number of anilines is 2. The Morgan fingerprint density at radius 3 is 2.44 bits per heavy atom. The molecule has 0 fully saturated rings. The van der Waals surface area contributed by atoms with Gasteiger partial charge in [-0.3, -0.25) is 0 Å². The van der Waals surface area contributed by atoms with Crippen molar-refractivity contribution in [1.82, 2.24) is 18.8 Å². The van der Waals surface area contributed by atoms with Crippen molar-refractivity contribution in [2.75, 3.05) is 19.5 Å². The number of ether oxygens (including phenoxy) is 1. The van der Waals surface area contributed by atoms with E-state index in [4.69, 9.17) is 4.74 Å². The number of benzene rings is 2. The van der Waals surface area contributed by atoms with Crippen LogP contribution in [-0.4, -0.2) is 41.4 Å². The minimum absolute atomic E-state index is 0.0289. The monoisotopic (exact) mass is 593 g/mol. The molecule has 0 aliphatic carbocycles. The first-order valence-corrected chi connectivity index (χ1v) is 13.7. The van der Waals surface area contributed by atoms with Gasteiger partial charge in [0, 0.05) is 50.2 Å². The predicted molar refractivity (Wildman–Crippen MR) is 140 cm³/mol. The molecule has 0 unspecified atom stereocenters. The second kappa shape index (κ2) is 10.4. The number of fused-ring (bicyclic) bond motifs is 1. The van der Waals surface area contributed by atoms with Crippen molar-refractivity contribution in [3.63, 3.8) is 0 Å². The topological polar surface area (TPSA) is 89.4 Å². The Morgan fingerprint density at radius 2 is 1.83 bits per heavy atom. The Bertz CT molecular complexity index is 1670. The molecule has 4 aromatic rings. The van der Waals surface area contributed by atoms with E-state index in [9.17, 15) is 30.4 Å². The molecule has 0 saturated heterocycles. The largest absolute Gasteiger partial charge is 0.497 e. The second-order valence-electron chi connectivity index (χ2n) is 9.47. The zero-order valence-corrected chi connectivity index (χ0v) is 22.6. The number of aryl methyl sites for hydroxylation is 1. The maximum Gasteiger partial charge on any atom is 0.417 e. The van der Waals surface area contributed by atoms with Gasteiger partial charge in [-0.1, -0.05) is 12.1 Å². The minimum Gasteiger partial charge on any atom is -0.497 e. The first-order chi connectivity index (χ1) is 19.3. The molecule has 0 atom stereocenters. The summed E-state index contributed by atoms with van der Waals surface area (Å²) in [6.45, 7) is 0.0727. The zero-order valence-electron chi connectivity index (χ0n) is 21.8. The van der Waals surface area contributed by atoms with Crippen molar-refractivity contribution in [1.29, 1.82) is 0 Å². The number of nitrogens with one attached hydrogen (secondary N) is 1. The Kier molecular flexibility index (Phi) is 7.24. The van der Waals surface area contributed by atoms with Gasteiger partial charge in [-0.15, -0.1) is 0 Å². The Hall–Kier alpha value is -4.04. The van der Waals surface area contributed by atoms with Gasteiger partial charge in [-0.25, -0.2) is 18.4 Å². The molecule has 1 aliphatic rings. The predicted octanol–water partition coefficient (Wildman–Crippen LogP) is 6.03. The van der Waals surface area contributed by atoms with Crippen LogP contribution in [0.3, 0.4) is 0 Å². The van der Waals surface area contributed by atoms with E-state index in [1.165, 1.54) is 43.1 Å². The van der Waals surface area contributed by atoms with E-state index < -0.39 is 39.9 Å². The molecular formula is C27H24F5N5O3S. The summed E-state index contributed by atoms with van der Waals surface area (Å²) in [5, 5.41) is 2.86. The quantitative estimate of drug-likeness (QED) is 0.251. The van der Waals surface area contributed by atoms with Crippen LogP contribution < -0.4 is 10.1 Å². The Labute approximate surface area is 232 Å². The summed E-state index contributed by atoms with van der Waals surface area (Å²) in [5.41, 5.74) is 0.204. The van der Waals surface area contributed by atoms with Crippen LogP contribution in [-0.2, 0) is 35.2 Å². The fourth-order valence-corrected chi connectivity index (χ4v) is 5.60. The summed E-state index contributed by atoms with van der Waals surface area (Å²) in [7, 11) is -1.14. The average Bonchev–Trinajstić information content (AvgIpc) is 3.49. The number of imidazole rings is 1. The molecule has 0 radical (unpaired) electrons. The van der Waals surface area contributed by atoms with Crippen LogP contribution in [0.25, 0.3) is 11.3 Å². The number of methoxy groups -OCH3 is 1. The van der Waals surface area contributed by atoms with Gasteiger partial charge in [0.1, 0.15) is 11.6 Å². The summed E-state index contributed by atoms with van der Waals surface area (Å²) < 4.78 is 102. The third-order valence-corrected chi connectivity index (χ3v) is 8.46. The van der Waals surface area contributed by atoms with Gasteiger partial charge in [0.2, 0.25) is 10.0 Å². The summed E-state index contributed by atoms with van der Waals surface area (Å²) in [6.07, 6.45) is -2.93. The van der Waals surface area contributed by atoms with E-state index in [1.54, 1.807) is 24.3 Å². The third kappa shape index (κ3) is 5.75. The van der Waals surface area contributed by atoms with Crippen LogP contribution in [0.2, 0.25) is 0 Å². The van der Waals surface area contributed by atoms with Gasteiger partial charge in [0.15, 0.2) is 5.82 Å². The van der Waals surface area contributed by atoms with E-state index in [2.05, 4.69) is 15.3 Å². The van der Waals surface area contributed by atoms with Crippen molar-refractivity contribution in [3.8, 4) is 17.0 Å². The summed E-state index contributed by atoms with van der Waals surface area (Å²) in [5.74, 6) is -2.95. The molecule has 8 nitrogen and oxygen atoms in total. The fourth-order valence-electron chi connectivity index (χ4n) is 4.41. The first kappa shape index (κ1) is 28.5. The number of nitrogens with zero attached hydrogens (tertiary/aromatic N) is 4. The van der Waals surface area contributed by atoms with E-state index in [1.807, 2.05) is 0 Å². The molecule has 0 saturated carbocycles. The van der Waals surface area contributed by atoms with Crippen molar-refractivity contribution in [2.45, 2.75) is 36.5 Å². The lowest BCUT2D eigenvalue weighted by atomic mass is 10.1. The van der Waals surface area contributed by atoms with Gasteiger partial charge in [-0.05, 0) is 48.0 Å². The maximum atomic E-state index is 14.4. The number of sulfonamides is 1. The molecule has 0 amide bonds. The van der Waals surface area contributed by atoms with E-state index >= 15 is 0 Å². The first-order valence-electron chi connectivity index (χ1n) is 12.3. The number of rotatable bonds is 8. The standard InChI is InChI=1S/C27H24F5N5O3S/c1-36(15-17-3-6-19(40-2)7-4-17)41(38,39)20-8-9-22(34-24-10-5-18(14-33-24)27(30,31)32)21(13-20)23-16-37-12-11-26(28,29)25(37)35-23/h3-10,13-14,16H,11-12,15H2,1-2H3,(H,33,34). The lowest BCUT2D eigenvalue weighted by Crippen LogP contribution is -2.26. The number of aromatic nitrogens is 3. The molecule has 2 aromatic carbocycles. The minimum atomic E-state index is -4.58. The molecule has 2 aromatic heterocycles. The molecule has 3 heterocycles. The SMILES string of the molecule is COc1ccc(CN(C)S(=O)(=O)c2ccc(Nc3ccc(C(F)(F)F)cn3)c(-c3cn4c(n3)C(F)(F)CC4)c2)cc1. The van der Waals surface area contributed by atoms with Gasteiger partial charge in [0.05, 0.1) is 23.3 Å². The number of pyridine rings is 1. The van der Waals surface area contributed by atoms with Gasteiger partial charge in [-0.2, -0.15) is 26.3 Å². The van der Waals surface area contributed by atoms with E-state index in [0.29, 0.717) is 17.5 Å². The highest BCUT2D eigenvalue weighted by Gasteiger charge is 2.42. The second-order valence-corrected chi connectivity index (χ2v) is 11.5. The van der Waals surface area contributed by atoms with Crippen LogP contribution in [0.5, 0.6) is 5.75 Å². The van der Waals surface area contributed by atoms with Gasteiger partial charge >= 0.3 is 12.1 Å². The van der Waals surface area contributed by atoms with Crippen LogP contribution in [0.1, 0.15) is 23.4 Å². The molecule has 0 bridgehead atoms. The maximum absolute atomic E-state index is 14.4. The third-order valence-electron chi connectivity index (χ3n) is 6.66. The Morgan fingerprint density at radius 1 is 1.10 bits per heavy atom. The molecular weight excluding hydrogens is 569 g/mol. The highest BCUT2D eigenvalue weighted by atomic mass is 32.2. The van der Waals surface area contributed by atoms with Crippen molar-refractivity contribution in [3.05, 3.63) is 83.9 Å². The normalized spacial score (nSPS) is 14.7. The highest BCUT2D eigenvalue weighted by molar-refractivity contribution is 7.89. The lowest BCUT2D eigenvalue weighted by molar-refractivity contribution is -0.137.